The first-order chi connectivity index (χ1) is 12.3. The van der Waals surface area contributed by atoms with E-state index in [1.165, 1.54) is 11.8 Å². The summed E-state index contributed by atoms with van der Waals surface area (Å²) in [5, 5.41) is 10.6. The van der Waals surface area contributed by atoms with Gasteiger partial charge in [0.15, 0.2) is 0 Å². The Morgan fingerprint density at radius 3 is 2.23 bits per heavy atom. The van der Waals surface area contributed by atoms with Crippen LogP contribution in [0.3, 0.4) is 0 Å². The van der Waals surface area contributed by atoms with Crippen molar-refractivity contribution in [3.05, 3.63) is 72.3 Å². The fourth-order valence-electron chi connectivity index (χ4n) is 2.29. The van der Waals surface area contributed by atoms with Crippen molar-refractivity contribution in [3.63, 3.8) is 0 Å². The lowest BCUT2D eigenvalue weighted by Gasteiger charge is -2.25. The van der Waals surface area contributed by atoms with Crippen LogP contribution >= 0.6 is 11.8 Å². The molecule has 4 heteroatoms. The van der Waals surface area contributed by atoms with Crippen molar-refractivity contribution in [1.29, 1.82) is 0 Å². The summed E-state index contributed by atoms with van der Waals surface area (Å²) in [5.41, 5.74) is 0.389. The summed E-state index contributed by atoms with van der Waals surface area (Å²) >= 11 is 1.54. The third-order valence-electron chi connectivity index (χ3n) is 3.58. The summed E-state index contributed by atoms with van der Waals surface area (Å²) in [7, 11) is 0. The average Bonchev–Trinajstić information content (AvgIpc) is 2.60. The van der Waals surface area contributed by atoms with Gasteiger partial charge in [0, 0.05) is 10.6 Å². The van der Waals surface area contributed by atoms with Gasteiger partial charge in [-0.1, -0.05) is 60.7 Å². The molecule has 0 bridgehead atoms. The molecule has 0 saturated heterocycles. The highest BCUT2D eigenvalue weighted by Crippen LogP contribution is 2.25. The number of aliphatic hydroxyl groups excluding tert-OH is 1. The zero-order valence-electron chi connectivity index (χ0n) is 15.5. The maximum absolute atomic E-state index is 12.6. The van der Waals surface area contributed by atoms with Gasteiger partial charge in [0.25, 0.3) is 0 Å². The van der Waals surface area contributed by atoms with E-state index in [1.54, 1.807) is 6.08 Å². The number of hydrogen-bond acceptors (Lipinski definition) is 4. The van der Waals surface area contributed by atoms with Crippen molar-refractivity contribution < 1.29 is 14.6 Å². The zero-order valence-corrected chi connectivity index (χ0v) is 16.3. The van der Waals surface area contributed by atoms with Crippen LogP contribution in [0.5, 0.6) is 0 Å². The second-order valence-electron chi connectivity index (χ2n) is 7.02. The van der Waals surface area contributed by atoms with Gasteiger partial charge in [0.2, 0.25) is 0 Å². The lowest BCUT2D eigenvalue weighted by molar-refractivity contribution is -0.161. The third-order valence-corrected chi connectivity index (χ3v) is 4.71. The average molecular weight is 371 g/mol. The molecule has 2 aromatic carbocycles. The highest BCUT2D eigenvalue weighted by molar-refractivity contribution is 7.99. The summed E-state index contributed by atoms with van der Waals surface area (Å²) in [5.74, 6) is -0.579. The number of esters is 1. The number of aliphatic hydroxyl groups is 1. The molecule has 2 atom stereocenters. The van der Waals surface area contributed by atoms with E-state index in [0.717, 1.165) is 10.5 Å². The molecule has 2 rings (SSSR count). The fraction of sp³-hybridized carbons (Fsp3) is 0.318. The van der Waals surface area contributed by atoms with Crippen LogP contribution in [0, 0.1) is 5.92 Å². The van der Waals surface area contributed by atoms with E-state index in [0.29, 0.717) is 5.75 Å². The standard InChI is InChI=1S/C22H26O3S/c1-22(2,3)25-21(24)19(16-26-18-12-8-5-9-13-18)20(23)15-14-17-10-6-4-7-11-17/h4-15,19-20,23H,16H2,1-3H3/b15-14+/t19-,20+/m1/s1. The fourth-order valence-corrected chi connectivity index (χ4v) is 3.35. The molecule has 0 amide bonds. The summed E-state index contributed by atoms with van der Waals surface area (Å²) in [6, 6.07) is 19.5. The molecule has 0 unspecified atom stereocenters. The van der Waals surface area contributed by atoms with E-state index < -0.39 is 17.6 Å². The van der Waals surface area contributed by atoms with Crippen molar-refractivity contribution >= 4 is 23.8 Å². The van der Waals surface area contributed by atoms with E-state index in [4.69, 9.17) is 4.74 Å². The van der Waals surface area contributed by atoms with Gasteiger partial charge in [-0.25, -0.2) is 0 Å². The zero-order chi connectivity index (χ0) is 19.0. The minimum atomic E-state index is -0.915. The Hall–Kier alpha value is -2.04. The Bertz CT molecular complexity index is 705. The Labute approximate surface area is 160 Å². The normalized spacial score (nSPS) is 14.2. The SMILES string of the molecule is CC(C)(C)OC(=O)[C@H](CSc1ccccc1)[C@@H](O)/C=C/c1ccccc1. The number of ether oxygens (including phenoxy) is 1. The molecule has 0 spiro atoms. The lowest BCUT2D eigenvalue weighted by atomic mass is 10.0. The molecule has 0 fully saturated rings. The van der Waals surface area contributed by atoms with E-state index in [9.17, 15) is 9.90 Å². The van der Waals surface area contributed by atoms with Gasteiger partial charge in [0.1, 0.15) is 5.60 Å². The molecule has 0 aliphatic heterocycles. The largest absolute Gasteiger partial charge is 0.460 e. The van der Waals surface area contributed by atoms with E-state index in [-0.39, 0.29) is 5.97 Å². The molecular weight excluding hydrogens is 344 g/mol. The highest BCUT2D eigenvalue weighted by atomic mass is 32.2. The van der Waals surface area contributed by atoms with Crippen LogP contribution in [0.1, 0.15) is 26.3 Å². The van der Waals surface area contributed by atoms with Crippen molar-refractivity contribution in [2.45, 2.75) is 37.4 Å². The predicted octanol–water partition coefficient (Wildman–Crippen LogP) is 4.81. The minimum absolute atomic E-state index is 0.383. The second kappa shape index (κ2) is 9.60. The van der Waals surface area contributed by atoms with Crippen molar-refractivity contribution in [2.75, 3.05) is 5.75 Å². The molecule has 3 nitrogen and oxygen atoms in total. The summed E-state index contributed by atoms with van der Waals surface area (Å²) in [6.07, 6.45) is 2.58. The van der Waals surface area contributed by atoms with E-state index in [2.05, 4.69) is 0 Å². The van der Waals surface area contributed by atoms with E-state index >= 15 is 0 Å². The summed E-state index contributed by atoms with van der Waals surface area (Å²) < 4.78 is 5.52. The minimum Gasteiger partial charge on any atom is -0.460 e. The Morgan fingerprint density at radius 2 is 1.65 bits per heavy atom. The topological polar surface area (TPSA) is 46.5 Å². The molecule has 2 aromatic rings. The summed E-state index contributed by atoms with van der Waals surface area (Å²) in [4.78, 5) is 13.7. The predicted molar refractivity (Wildman–Crippen MR) is 108 cm³/mol. The van der Waals surface area contributed by atoms with Crippen molar-refractivity contribution in [2.24, 2.45) is 5.92 Å². The van der Waals surface area contributed by atoms with Crippen LogP contribution in [-0.4, -0.2) is 28.5 Å². The number of rotatable bonds is 7. The molecule has 26 heavy (non-hydrogen) atoms. The maximum atomic E-state index is 12.6. The van der Waals surface area contributed by atoms with E-state index in [1.807, 2.05) is 87.5 Å². The first kappa shape index (κ1) is 20.3. The van der Waals surface area contributed by atoms with Gasteiger partial charge in [-0.05, 0) is 38.5 Å². The monoisotopic (exact) mass is 370 g/mol. The molecule has 0 aromatic heterocycles. The first-order valence-corrected chi connectivity index (χ1v) is 9.66. The molecule has 0 heterocycles. The van der Waals surface area contributed by atoms with Crippen LogP contribution in [0.25, 0.3) is 6.08 Å². The Balaban J connectivity index is 2.10. The van der Waals surface area contributed by atoms with Gasteiger partial charge >= 0.3 is 5.97 Å². The number of hydrogen-bond donors (Lipinski definition) is 1. The molecular formula is C22H26O3S. The van der Waals surface area contributed by atoms with Gasteiger partial charge in [-0.15, -0.1) is 11.8 Å². The third kappa shape index (κ3) is 7.06. The number of carbonyl (C=O) groups excluding carboxylic acids is 1. The molecule has 138 valence electrons. The number of carbonyl (C=O) groups is 1. The quantitative estimate of drug-likeness (QED) is 0.561. The number of thioether (sulfide) groups is 1. The maximum Gasteiger partial charge on any atom is 0.313 e. The molecule has 0 aliphatic rings. The Kier molecular flexibility index (Phi) is 7.49. The van der Waals surface area contributed by atoms with Crippen LogP contribution in [0.2, 0.25) is 0 Å². The van der Waals surface area contributed by atoms with Crippen molar-refractivity contribution in [1.82, 2.24) is 0 Å². The smallest absolute Gasteiger partial charge is 0.313 e. The van der Waals surface area contributed by atoms with Crippen molar-refractivity contribution in [3.8, 4) is 0 Å². The van der Waals surface area contributed by atoms with Gasteiger partial charge in [-0.3, -0.25) is 4.79 Å². The van der Waals surface area contributed by atoms with Gasteiger partial charge < -0.3 is 9.84 Å². The lowest BCUT2D eigenvalue weighted by Crippen LogP contribution is -2.35. The van der Waals surface area contributed by atoms with Crippen LogP contribution < -0.4 is 0 Å². The molecule has 1 N–H and O–H groups in total. The molecule has 0 saturated carbocycles. The number of benzene rings is 2. The van der Waals surface area contributed by atoms with Gasteiger partial charge in [-0.2, -0.15) is 0 Å². The molecule has 0 aliphatic carbocycles. The summed E-state index contributed by atoms with van der Waals surface area (Å²) in [6.45, 7) is 5.50. The first-order valence-electron chi connectivity index (χ1n) is 8.67. The van der Waals surface area contributed by atoms with Crippen LogP contribution in [-0.2, 0) is 9.53 Å². The Morgan fingerprint density at radius 1 is 1.08 bits per heavy atom. The van der Waals surface area contributed by atoms with Gasteiger partial charge in [0.05, 0.1) is 12.0 Å². The molecule has 0 radical (unpaired) electrons. The van der Waals surface area contributed by atoms with Crippen LogP contribution in [0.15, 0.2) is 71.6 Å². The second-order valence-corrected chi connectivity index (χ2v) is 8.12. The van der Waals surface area contributed by atoms with Crippen LogP contribution in [0.4, 0.5) is 0 Å². The highest BCUT2D eigenvalue weighted by Gasteiger charge is 2.30.